The van der Waals surface area contributed by atoms with E-state index >= 15 is 0 Å². The van der Waals surface area contributed by atoms with Crippen molar-refractivity contribution in [2.24, 2.45) is 5.92 Å². The molecular weight excluding hydrogens is 729 g/mol. The maximum atomic E-state index is 13.0. The molecule has 1 unspecified atom stereocenters. The van der Waals surface area contributed by atoms with Crippen LogP contribution in [0.2, 0.25) is 0 Å². The van der Waals surface area contributed by atoms with Gasteiger partial charge in [0, 0.05) is 19.3 Å². The number of carboxylic acid groups (broad SMARTS) is 1. The molecule has 1 atom stereocenters. The van der Waals surface area contributed by atoms with Crippen LogP contribution in [-0.4, -0.2) is 42.4 Å². The minimum absolute atomic E-state index is 0.0152. The van der Waals surface area contributed by atoms with Gasteiger partial charge in [0.1, 0.15) is 6.61 Å². The van der Waals surface area contributed by atoms with Crippen molar-refractivity contribution in [3.05, 3.63) is 0 Å². The molecule has 1 N–H and O–H groups in total. The lowest BCUT2D eigenvalue weighted by Gasteiger charge is -2.16. The third-order valence-corrected chi connectivity index (χ3v) is 11.6. The first-order valence-electron chi connectivity index (χ1n) is 25.1. The molecule has 0 bridgehead atoms. The molecule has 0 aromatic rings. The normalized spacial score (nSPS) is 11.8. The summed E-state index contributed by atoms with van der Waals surface area (Å²) in [4.78, 5) is 48.5. The van der Waals surface area contributed by atoms with Crippen molar-refractivity contribution < 1.29 is 38.5 Å². The molecule has 0 aliphatic carbocycles. The zero-order valence-corrected chi connectivity index (χ0v) is 38.3. The summed E-state index contributed by atoms with van der Waals surface area (Å²) in [6, 6.07) is 0. The van der Waals surface area contributed by atoms with Gasteiger partial charge in [-0.1, -0.05) is 232 Å². The second-order valence-corrected chi connectivity index (χ2v) is 17.3. The molecule has 0 saturated carbocycles. The minimum Gasteiger partial charge on any atom is -0.481 e. The van der Waals surface area contributed by atoms with Crippen LogP contribution in [0.1, 0.15) is 277 Å². The number of carbonyl (C=O) groups excluding carboxylic acids is 3. The maximum absolute atomic E-state index is 13.0. The molecule has 58 heavy (non-hydrogen) atoms. The molecule has 8 heteroatoms. The Morgan fingerprint density at radius 1 is 0.362 bits per heavy atom. The van der Waals surface area contributed by atoms with Gasteiger partial charge in [0.25, 0.3) is 0 Å². The van der Waals surface area contributed by atoms with Crippen LogP contribution in [-0.2, 0) is 33.4 Å². The van der Waals surface area contributed by atoms with E-state index in [1.54, 1.807) is 0 Å². The minimum atomic E-state index is -0.747. The lowest BCUT2D eigenvalue weighted by molar-refractivity contribution is -0.172. The Hall–Kier alpha value is -2.12. The number of hydrogen-bond donors (Lipinski definition) is 1. The largest absolute Gasteiger partial charge is 0.481 e. The fraction of sp³-hybridized carbons (Fsp3) is 0.920. The third kappa shape index (κ3) is 43.5. The second-order valence-electron chi connectivity index (χ2n) is 17.3. The number of carboxylic acids is 1. The number of carbonyl (C=O) groups is 4. The third-order valence-electron chi connectivity index (χ3n) is 11.6. The van der Waals surface area contributed by atoms with Gasteiger partial charge in [-0.25, -0.2) is 0 Å². The van der Waals surface area contributed by atoms with Gasteiger partial charge in [-0.2, -0.15) is 0 Å². The molecule has 0 aliphatic rings. The summed E-state index contributed by atoms with van der Waals surface area (Å²) in [5.74, 6) is -2.45. The molecule has 0 aromatic heterocycles. The molecule has 342 valence electrons. The Morgan fingerprint density at radius 3 is 1.00 bits per heavy atom. The van der Waals surface area contributed by atoms with Gasteiger partial charge in [-0.3, -0.25) is 19.2 Å². The van der Waals surface area contributed by atoms with E-state index in [1.165, 1.54) is 154 Å². The topological polar surface area (TPSA) is 116 Å². The fourth-order valence-electron chi connectivity index (χ4n) is 7.71. The van der Waals surface area contributed by atoms with Crippen LogP contribution in [0.25, 0.3) is 0 Å². The van der Waals surface area contributed by atoms with Gasteiger partial charge in [0.05, 0.1) is 5.92 Å². The lowest BCUT2D eigenvalue weighted by atomic mass is 10.0. The van der Waals surface area contributed by atoms with E-state index in [0.29, 0.717) is 25.7 Å². The molecule has 0 radical (unpaired) electrons. The monoisotopic (exact) mass is 823 g/mol. The quantitative estimate of drug-likeness (QED) is 0.0366. The van der Waals surface area contributed by atoms with E-state index in [-0.39, 0.29) is 25.0 Å². The van der Waals surface area contributed by atoms with Crippen LogP contribution >= 0.6 is 0 Å². The Labute approximate surface area is 357 Å². The Bertz CT molecular complexity index is 921. The number of ether oxygens (including phenoxy) is 3. The van der Waals surface area contributed by atoms with E-state index in [0.717, 1.165) is 77.0 Å². The highest BCUT2D eigenvalue weighted by Gasteiger charge is 2.22. The first-order valence-corrected chi connectivity index (χ1v) is 25.1. The van der Waals surface area contributed by atoms with Crippen molar-refractivity contribution in [1.29, 1.82) is 0 Å². The van der Waals surface area contributed by atoms with Crippen LogP contribution in [0.4, 0.5) is 0 Å². The van der Waals surface area contributed by atoms with Crippen molar-refractivity contribution in [2.45, 2.75) is 277 Å². The zero-order chi connectivity index (χ0) is 42.4. The first-order chi connectivity index (χ1) is 28.4. The number of aliphatic carboxylic acids is 1. The summed E-state index contributed by atoms with van der Waals surface area (Å²) in [6.07, 6.45) is 45.9. The van der Waals surface area contributed by atoms with Gasteiger partial charge < -0.3 is 19.3 Å². The summed E-state index contributed by atoms with van der Waals surface area (Å²) in [5, 5.41) is 8.80. The van der Waals surface area contributed by atoms with Crippen molar-refractivity contribution in [1.82, 2.24) is 0 Å². The van der Waals surface area contributed by atoms with Crippen molar-refractivity contribution in [3.8, 4) is 0 Å². The SMILES string of the molecule is CCCCCCCCCCCCCCCCCC(=O)OCOC(=O)C(CCCCCCCCCC(=O)O)COC(=O)CCCCCCCCCCCCCCCCC. The van der Waals surface area contributed by atoms with Crippen LogP contribution in [0, 0.1) is 5.92 Å². The van der Waals surface area contributed by atoms with E-state index < -0.39 is 24.6 Å². The van der Waals surface area contributed by atoms with Crippen molar-refractivity contribution in [3.63, 3.8) is 0 Å². The molecular formula is C50H94O8. The van der Waals surface area contributed by atoms with E-state index in [2.05, 4.69) is 13.8 Å². The molecule has 0 rings (SSSR count). The van der Waals surface area contributed by atoms with Gasteiger partial charge in [0.2, 0.25) is 6.79 Å². The van der Waals surface area contributed by atoms with Crippen LogP contribution in [0.3, 0.4) is 0 Å². The Balaban J connectivity index is 4.20. The summed E-state index contributed by atoms with van der Waals surface area (Å²) >= 11 is 0. The van der Waals surface area contributed by atoms with Gasteiger partial charge in [-0.15, -0.1) is 0 Å². The standard InChI is InChI=1S/C50H94O8/c1-3-5-7-9-11-13-15-17-19-21-23-25-30-34-38-42-48(53)56-44-46(40-36-32-28-27-29-33-37-41-47(51)52)50(55)58-45-57-49(54)43-39-35-31-26-24-22-20-18-16-14-12-10-8-6-4-2/h46H,3-45H2,1-2H3,(H,51,52). The molecule has 0 saturated heterocycles. The first kappa shape index (κ1) is 55.9. The molecule has 0 heterocycles. The summed E-state index contributed by atoms with van der Waals surface area (Å²) in [6.45, 7) is 4.11. The average molecular weight is 823 g/mol. The van der Waals surface area contributed by atoms with E-state index in [4.69, 9.17) is 19.3 Å². The van der Waals surface area contributed by atoms with E-state index in [1.807, 2.05) is 0 Å². The molecule has 0 amide bonds. The van der Waals surface area contributed by atoms with Gasteiger partial charge in [0.15, 0.2) is 0 Å². The van der Waals surface area contributed by atoms with E-state index in [9.17, 15) is 19.2 Å². The Morgan fingerprint density at radius 2 is 0.655 bits per heavy atom. The number of esters is 3. The maximum Gasteiger partial charge on any atom is 0.315 e. The summed E-state index contributed by atoms with van der Waals surface area (Å²) < 4.78 is 16.1. The predicted octanol–water partition coefficient (Wildman–Crippen LogP) is 15.3. The smallest absolute Gasteiger partial charge is 0.315 e. The lowest BCUT2D eigenvalue weighted by Crippen LogP contribution is -2.26. The molecule has 0 aromatic carbocycles. The highest BCUT2D eigenvalue weighted by molar-refractivity contribution is 5.74. The summed E-state index contributed by atoms with van der Waals surface area (Å²) in [5.41, 5.74) is 0. The van der Waals surface area contributed by atoms with Crippen LogP contribution < -0.4 is 0 Å². The molecule has 0 fully saturated rings. The number of unbranched alkanes of at least 4 members (excludes halogenated alkanes) is 34. The highest BCUT2D eigenvalue weighted by Crippen LogP contribution is 2.18. The van der Waals surface area contributed by atoms with Crippen LogP contribution in [0.5, 0.6) is 0 Å². The van der Waals surface area contributed by atoms with Crippen molar-refractivity contribution in [2.75, 3.05) is 13.4 Å². The highest BCUT2D eigenvalue weighted by atomic mass is 16.7. The number of rotatable bonds is 47. The second kappa shape index (κ2) is 46.0. The number of hydrogen-bond acceptors (Lipinski definition) is 7. The predicted molar refractivity (Wildman–Crippen MR) is 240 cm³/mol. The molecule has 0 aliphatic heterocycles. The summed E-state index contributed by atoms with van der Waals surface area (Å²) in [7, 11) is 0. The van der Waals surface area contributed by atoms with Gasteiger partial charge >= 0.3 is 23.9 Å². The fourth-order valence-corrected chi connectivity index (χ4v) is 7.71. The zero-order valence-electron chi connectivity index (χ0n) is 38.3. The molecule has 8 nitrogen and oxygen atoms in total. The molecule has 0 spiro atoms. The van der Waals surface area contributed by atoms with Crippen LogP contribution in [0.15, 0.2) is 0 Å². The van der Waals surface area contributed by atoms with Crippen molar-refractivity contribution >= 4 is 23.9 Å². The average Bonchev–Trinajstić information content (AvgIpc) is 3.21. The Kier molecular flexibility index (Phi) is 44.3. The van der Waals surface area contributed by atoms with Gasteiger partial charge in [-0.05, 0) is 25.7 Å².